The lowest BCUT2D eigenvalue weighted by Gasteiger charge is -2.10. The van der Waals surface area contributed by atoms with E-state index >= 15 is 0 Å². The van der Waals surface area contributed by atoms with Crippen LogP contribution in [0.5, 0.6) is 5.88 Å². The minimum Gasteiger partial charge on any atom is -0.481 e. The average Bonchev–Trinajstić information content (AvgIpc) is 2.75. The number of aromatic nitrogens is 1. The number of ether oxygens (including phenoxy) is 1. The van der Waals surface area contributed by atoms with Gasteiger partial charge in [-0.05, 0) is 30.5 Å². The second kappa shape index (κ2) is 6.18. The summed E-state index contributed by atoms with van der Waals surface area (Å²) in [5, 5.41) is 0. The molecule has 2 aromatic heterocycles. The fourth-order valence-electron chi connectivity index (χ4n) is 1.75. The third-order valence-electron chi connectivity index (χ3n) is 2.60. The number of nitrogens with zero attached hydrogens (tertiary/aromatic N) is 1. The molecule has 5 heteroatoms. The number of nitrogens with two attached hydrogens (primary N) is 1. The molecule has 2 rings (SSSR count). The molecule has 0 aliphatic rings. The summed E-state index contributed by atoms with van der Waals surface area (Å²) in [7, 11) is 1.61. The summed E-state index contributed by atoms with van der Waals surface area (Å²) in [4.78, 5) is 5.38. The molecule has 96 valence electrons. The molecule has 3 nitrogen and oxygen atoms in total. The maximum Gasteiger partial charge on any atom is 0.212 e. The van der Waals surface area contributed by atoms with Gasteiger partial charge in [-0.1, -0.05) is 17.7 Å². The van der Waals surface area contributed by atoms with Crippen molar-refractivity contribution in [3.63, 3.8) is 0 Å². The summed E-state index contributed by atoms with van der Waals surface area (Å²) < 4.78 is 5.83. The Morgan fingerprint density at radius 2 is 2.17 bits per heavy atom. The van der Waals surface area contributed by atoms with Gasteiger partial charge in [0.15, 0.2) is 0 Å². The summed E-state index contributed by atoms with van der Waals surface area (Å²) >= 11 is 7.47. The van der Waals surface area contributed by atoms with Crippen molar-refractivity contribution < 1.29 is 4.74 Å². The first-order valence-electron chi connectivity index (χ1n) is 5.66. The van der Waals surface area contributed by atoms with Crippen LogP contribution in [0.2, 0.25) is 4.34 Å². The van der Waals surface area contributed by atoms with E-state index < -0.39 is 0 Å². The minimum absolute atomic E-state index is 0.0786. The van der Waals surface area contributed by atoms with Gasteiger partial charge in [-0.2, -0.15) is 0 Å². The molecule has 0 radical (unpaired) electrons. The van der Waals surface area contributed by atoms with Gasteiger partial charge in [0.2, 0.25) is 5.88 Å². The highest BCUT2D eigenvalue weighted by atomic mass is 35.5. The van der Waals surface area contributed by atoms with Crippen molar-refractivity contribution in [2.24, 2.45) is 5.73 Å². The Hall–Kier alpha value is -1.10. The Balaban J connectivity index is 1.91. The predicted molar refractivity (Wildman–Crippen MR) is 75.5 cm³/mol. The first-order chi connectivity index (χ1) is 8.67. The van der Waals surface area contributed by atoms with E-state index in [1.807, 2.05) is 24.3 Å². The van der Waals surface area contributed by atoms with Crippen LogP contribution >= 0.6 is 22.9 Å². The summed E-state index contributed by atoms with van der Waals surface area (Å²) in [5.41, 5.74) is 7.24. The van der Waals surface area contributed by atoms with E-state index in [2.05, 4.69) is 4.98 Å². The zero-order valence-corrected chi connectivity index (χ0v) is 11.7. The fraction of sp³-hybridized carbons (Fsp3) is 0.308. The zero-order valence-electron chi connectivity index (χ0n) is 10.1. The molecule has 0 aliphatic carbocycles. The molecule has 18 heavy (non-hydrogen) atoms. The van der Waals surface area contributed by atoms with Gasteiger partial charge in [0.05, 0.1) is 11.4 Å². The minimum atomic E-state index is 0.0786. The van der Waals surface area contributed by atoms with Gasteiger partial charge in [0, 0.05) is 23.2 Å². The zero-order chi connectivity index (χ0) is 13.0. The van der Waals surface area contributed by atoms with E-state index in [9.17, 15) is 0 Å². The quantitative estimate of drug-likeness (QED) is 0.917. The predicted octanol–water partition coefficient (Wildman–Crippen LogP) is 2.92. The van der Waals surface area contributed by atoms with Crippen LogP contribution in [0.1, 0.15) is 10.4 Å². The molecule has 0 saturated heterocycles. The van der Waals surface area contributed by atoms with Crippen LogP contribution in [-0.4, -0.2) is 18.1 Å². The van der Waals surface area contributed by atoms with Crippen LogP contribution in [0, 0.1) is 0 Å². The summed E-state index contributed by atoms with van der Waals surface area (Å²) in [5.74, 6) is 0.623. The van der Waals surface area contributed by atoms with Gasteiger partial charge in [-0.3, -0.25) is 0 Å². The van der Waals surface area contributed by atoms with Crippen LogP contribution < -0.4 is 10.5 Å². The van der Waals surface area contributed by atoms with Gasteiger partial charge in [0.25, 0.3) is 0 Å². The molecule has 2 heterocycles. The van der Waals surface area contributed by atoms with Crippen molar-refractivity contribution in [2.45, 2.75) is 18.9 Å². The maximum absolute atomic E-state index is 6.12. The van der Waals surface area contributed by atoms with E-state index in [0.717, 1.165) is 22.7 Å². The summed E-state index contributed by atoms with van der Waals surface area (Å²) in [6.07, 6.45) is 3.44. The van der Waals surface area contributed by atoms with Gasteiger partial charge in [-0.25, -0.2) is 4.98 Å². The molecule has 0 bridgehead atoms. The molecule has 2 N–H and O–H groups in total. The molecule has 0 fully saturated rings. The van der Waals surface area contributed by atoms with E-state index in [4.69, 9.17) is 22.1 Å². The number of hydrogen-bond acceptors (Lipinski definition) is 4. The van der Waals surface area contributed by atoms with E-state index in [-0.39, 0.29) is 6.04 Å². The lowest BCUT2D eigenvalue weighted by Crippen LogP contribution is -2.25. The SMILES string of the molecule is COc1ccc(CC(N)Cc2ccc(Cl)s2)cn1. The lowest BCUT2D eigenvalue weighted by atomic mass is 10.1. The molecule has 0 aliphatic heterocycles. The summed E-state index contributed by atoms with van der Waals surface area (Å²) in [6.45, 7) is 0. The molecular formula is C13H15ClN2OS. The molecule has 0 saturated carbocycles. The van der Waals surface area contributed by atoms with E-state index in [0.29, 0.717) is 5.88 Å². The van der Waals surface area contributed by atoms with Crippen LogP contribution in [0.25, 0.3) is 0 Å². The Bertz CT molecular complexity index is 498. The standard InChI is InChI=1S/C13H15ClN2OS/c1-17-13-5-2-9(8-16-13)6-10(15)7-11-3-4-12(14)18-11/h2-5,8,10H,6-7,15H2,1H3. The van der Waals surface area contributed by atoms with Crippen molar-refractivity contribution in [1.82, 2.24) is 4.98 Å². The van der Waals surface area contributed by atoms with Crippen molar-refractivity contribution in [3.05, 3.63) is 45.2 Å². The highest BCUT2D eigenvalue weighted by Crippen LogP contribution is 2.22. The van der Waals surface area contributed by atoms with Crippen LogP contribution in [-0.2, 0) is 12.8 Å². The summed E-state index contributed by atoms with van der Waals surface area (Å²) in [6, 6.07) is 7.86. The molecule has 1 unspecified atom stereocenters. The van der Waals surface area contributed by atoms with E-state index in [1.165, 1.54) is 4.88 Å². The van der Waals surface area contributed by atoms with Gasteiger partial charge >= 0.3 is 0 Å². The van der Waals surface area contributed by atoms with Crippen molar-refractivity contribution in [1.29, 1.82) is 0 Å². The Morgan fingerprint density at radius 3 is 2.72 bits per heavy atom. The number of methoxy groups -OCH3 is 1. The smallest absolute Gasteiger partial charge is 0.212 e. The third kappa shape index (κ3) is 3.70. The molecule has 2 aromatic rings. The number of pyridine rings is 1. The van der Waals surface area contributed by atoms with Gasteiger partial charge < -0.3 is 10.5 Å². The largest absolute Gasteiger partial charge is 0.481 e. The number of thiophene rings is 1. The van der Waals surface area contributed by atoms with Gasteiger partial charge in [0.1, 0.15) is 0 Å². The second-order valence-corrected chi connectivity index (χ2v) is 5.88. The fourth-order valence-corrected chi connectivity index (χ4v) is 2.93. The number of rotatable bonds is 5. The molecule has 0 aromatic carbocycles. The first kappa shape index (κ1) is 13.3. The number of halogens is 1. The lowest BCUT2D eigenvalue weighted by molar-refractivity contribution is 0.397. The normalized spacial score (nSPS) is 12.4. The van der Waals surface area contributed by atoms with Crippen molar-refractivity contribution >= 4 is 22.9 Å². The molecule has 0 amide bonds. The molecule has 0 spiro atoms. The average molecular weight is 283 g/mol. The topological polar surface area (TPSA) is 48.1 Å². The van der Waals surface area contributed by atoms with Gasteiger partial charge in [-0.15, -0.1) is 11.3 Å². The Kier molecular flexibility index (Phi) is 4.58. The number of hydrogen-bond donors (Lipinski definition) is 1. The third-order valence-corrected chi connectivity index (χ3v) is 3.85. The molecular weight excluding hydrogens is 268 g/mol. The van der Waals surface area contributed by atoms with Crippen LogP contribution in [0.15, 0.2) is 30.5 Å². The van der Waals surface area contributed by atoms with Crippen LogP contribution in [0.4, 0.5) is 0 Å². The van der Waals surface area contributed by atoms with Crippen molar-refractivity contribution in [2.75, 3.05) is 7.11 Å². The monoisotopic (exact) mass is 282 g/mol. The second-order valence-electron chi connectivity index (χ2n) is 4.08. The highest BCUT2D eigenvalue weighted by Gasteiger charge is 2.08. The van der Waals surface area contributed by atoms with E-state index in [1.54, 1.807) is 24.6 Å². The molecule has 1 atom stereocenters. The Morgan fingerprint density at radius 1 is 1.33 bits per heavy atom. The maximum atomic E-state index is 6.12. The van der Waals surface area contributed by atoms with Crippen LogP contribution in [0.3, 0.4) is 0 Å². The first-order valence-corrected chi connectivity index (χ1v) is 6.85. The van der Waals surface area contributed by atoms with Crippen molar-refractivity contribution in [3.8, 4) is 5.88 Å². The highest BCUT2D eigenvalue weighted by molar-refractivity contribution is 7.16. The Labute approximate surface area is 116 Å².